The van der Waals surface area contributed by atoms with Crippen LogP contribution in [0.2, 0.25) is 0 Å². The minimum Gasteiger partial charge on any atom is -0.352 e. The van der Waals surface area contributed by atoms with E-state index in [-0.39, 0.29) is 30.1 Å². The highest BCUT2D eigenvalue weighted by atomic mass is 32.2. The predicted octanol–water partition coefficient (Wildman–Crippen LogP) is 0.348. The second-order valence-corrected chi connectivity index (χ2v) is 6.68. The average molecular weight is 300 g/mol. The summed E-state index contributed by atoms with van der Waals surface area (Å²) in [5, 5.41) is 9.16. The minimum atomic E-state index is -0.0535. The van der Waals surface area contributed by atoms with E-state index in [1.807, 2.05) is 18.7 Å². The smallest absolute Gasteiger partial charge is 0.317 e. The first-order valence-electron chi connectivity index (χ1n) is 7.23. The summed E-state index contributed by atoms with van der Waals surface area (Å²) in [7, 11) is 0. The predicted molar refractivity (Wildman–Crippen MR) is 80.7 cm³/mol. The zero-order chi connectivity index (χ0) is 14.5. The summed E-state index contributed by atoms with van der Waals surface area (Å²) in [6.45, 7) is 5.32. The van der Waals surface area contributed by atoms with Crippen molar-refractivity contribution in [1.82, 2.24) is 20.9 Å². The van der Waals surface area contributed by atoms with Crippen molar-refractivity contribution in [3.63, 3.8) is 0 Å². The molecule has 0 aromatic carbocycles. The third kappa shape index (κ3) is 4.28. The Morgan fingerprint density at radius 1 is 1.30 bits per heavy atom. The number of nitrogens with one attached hydrogen (secondary N) is 3. The molecule has 0 saturated carbocycles. The molecule has 2 aliphatic heterocycles. The van der Waals surface area contributed by atoms with Gasteiger partial charge in [0.15, 0.2) is 0 Å². The van der Waals surface area contributed by atoms with E-state index in [2.05, 4.69) is 16.0 Å². The van der Waals surface area contributed by atoms with Crippen LogP contribution in [0.15, 0.2) is 0 Å². The summed E-state index contributed by atoms with van der Waals surface area (Å²) in [6.07, 6.45) is 1.66. The molecule has 0 aromatic heterocycles. The molecular formula is C13H24N4O2S. The summed E-state index contributed by atoms with van der Waals surface area (Å²) in [5.74, 6) is 1.80. The van der Waals surface area contributed by atoms with Crippen molar-refractivity contribution in [1.29, 1.82) is 0 Å². The number of thioether (sulfide) groups is 1. The molecule has 0 radical (unpaired) electrons. The van der Waals surface area contributed by atoms with Crippen LogP contribution in [-0.4, -0.2) is 59.7 Å². The highest BCUT2D eigenvalue weighted by molar-refractivity contribution is 7.99. The highest BCUT2D eigenvalue weighted by Gasteiger charge is 2.27. The van der Waals surface area contributed by atoms with E-state index in [4.69, 9.17) is 0 Å². The van der Waals surface area contributed by atoms with Crippen LogP contribution >= 0.6 is 11.8 Å². The van der Waals surface area contributed by atoms with E-state index in [0.717, 1.165) is 24.5 Å². The molecule has 114 valence electrons. The zero-order valence-electron chi connectivity index (χ0n) is 12.1. The van der Waals surface area contributed by atoms with Gasteiger partial charge in [0.05, 0.1) is 6.04 Å². The maximum Gasteiger partial charge on any atom is 0.317 e. The summed E-state index contributed by atoms with van der Waals surface area (Å²) < 4.78 is 0. The Morgan fingerprint density at radius 3 is 2.55 bits per heavy atom. The fourth-order valence-corrected chi connectivity index (χ4v) is 3.37. The SMILES string of the molecule is CC(C)NC(=O)N1CCC(NC(=O)C2CSCN2)CC1. The Labute approximate surface area is 124 Å². The van der Waals surface area contributed by atoms with Gasteiger partial charge in [-0.25, -0.2) is 4.79 Å². The lowest BCUT2D eigenvalue weighted by atomic mass is 10.0. The van der Waals surface area contributed by atoms with Crippen LogP contribution in [0.5, 0.6) is 0 Å². The Morgan fingerprint density at radius 2 is 2.00 bits per heavy atom. The van der Waals surface area contributed by atoms with Crippen molar-refractivity contribution in [2.45, 2.75) is 44.8 Å². The Kier molecular flexibility index (Phi) is 5.54. The summed E-state index contributed by atoms with van der Waals surface area (Å²) >= 11 is 1.75. The average Bonchev–Trinajstić information content (AvgIpc) is 2.92. The van der Waals surface area contributed by atoms with Crippen LogP contribution in [0.25, 0.3) is 0 Å². The van der Waals surface area contributed by atoms with Crippen molar-refractivity contribution >= 4 is 23.7 Å². The molecule has 2 heterocycles. The van der Waals surface area contributed by atoms with E-state index in [9.17, 15) is 9.59 Å². The number of likely N-dealkylation sites (tertiary alicyclic amines) is 1. The Bertz CT molecular complexity index is 350. The van der Waals surface area contributed by atoms with Gasteiger partial charge in [-0.1, -0.05) is 0 Å². The first-order valence-corrected chi connectivity index (χ1v) is 8.38. The molecule has 1 unspecified atom stereocenters. The van der Waals surface area contributed by atoms with Crippen molar-refractivity contribution in [2.24, 2.45) is 0 Å². The number of carbonyl (C=O) groups is 2. The van der Waals surface area contributed by atoms with Gasteiger partial charge in [0.25, 0.3) is 0 Å². The molecule has 7 heteroatoms. The molecule has 20 heavy (non-hydrogen) atoms. The lowest BCUT2D eigenvalue weighted by molar-refractivity contribution is -0.123. The van der Waals surface area contributed by atoms with Gasteiger partial charge >= 0.3 is 6.03 Å². The molecular weight excluding hydrogens is 276 g/mol. The number of amides is 3. The maximum absolute atomic E-state index is 12.0. The standard InChI is InChI=1S/C13H24N4O2S/c1-9(2)15-13(19)17-5-3-10(4-6-17)16-12(18)11-7-20-8-14-11/h9-11,14H,3-8H2,1-2H3,(H,15,19)(H,16,18). The van der Waals surface area contributed by atoms with Crippen LogP contribution in [0.3, 0.4) is 0 Å². The fraction of sp³-hybridized carbons (Fsp3) is 0.846. The van der Waals surface area contributed by atoms with Crippen LogP contribution in [0.4, 0.5) is 4.79 Å². The van der Waals surface area contributed by atoms with E-state index < -0.39 is 0 Å². The van der Waals surface area contributed by atoms with Gasteiger partial charge in [-0.15, -0.1) is 11.8 Å². The van der Waals surface area contributed by atoms with Gasteiger partial charge in [0, 0.05) is 36.8 Å². The normalized spacial score (nSPS) is 23.9. The second-order valence-electron chi connectivity index (χ2n) is 5.65. The molecule has 2 saturated heterocycles. The lowest BCUT2D eigenvalue weighted by Gasteiger charge is -2.33. The number of nitrogens with zero attached hydrogens (tertiary/aromatic N) is 1. The molecule has 0 aliphatic carbocycles. The largest absolute Gasteiger partial charge is 0.352 e. The first-order chi connectivity index (χ1) is 9.56. The van der Waals surface area contributed by atoms with Gasteiger partial charge in [-0.2, -0.15) is 0 Å². The third-order valence-electron chi connectivity index (χ3n) is 3.57. The van der Waals surface area contributed by atoms with Crippen molar-refractivity contribution in [3.8, 4) is 0 Å². The fourth-order valence-electron chi connectivity index (χ4n) is 2.43. The van der Waals surface area contributed by atoms with Gasteiger partial charge in [0.1, 0.15) is 0 Å². The number of carbonyl (C=O) groups excluding carboxylic acids is 2. The monoisotopic (exact) mass is 300 g/mol. The number of hydrogen-bond acceptors (Lipinski definition) is 4. The first kappa shape index (κ1) is 15.4. The summed E-state index contributed by atoms with van der Waals surface area (Å²) in [5.41, 5.74) is 0. The van der Waals surface area contributed by atoms with Gasteiger partial charge in [0.2, 0.25) is 5.91 Å². The van der Waals surface area contributed by atoms with Gasteiger partial charge < -0.3 is 15.5 Å². The third-order valence-corrected chi connectivity index (χ3v) is 4.51. The van der Waals surface area contributed by atoms with E-state index in [1.165, 1.54) is 0 Å². The van der Waals surface area contributed by atoms with Crippen LogP contribution in [0.1, 0.15) is 26.7 Å². The number of hydrogen-bond donors (Lipinski definition) is 3. The highest BCUT2D eigenvalue weighted by Crippen LogP contribution is 2.13. The number of urea groups is 1. The van der Waals surface area contributed by atoms with Crippen molar-refractivity contribution in [2.75, 3.05) is 24.7 Å². The quantitative estimate of drug-likeness (QED) is 0.703. The Balaban J connectivity index is 1.71. The second kappa shape index (κ2) is 7.17. The van der Waals surface area contributed by atoms with Crippen LogP contribution in [-0.2, 0) is 4.79 Å². The molecule has 2 rings (SSSR count). The van der Waals surface area contributed by atoms with E-state index in [0.29, 0.717) is 13.1 Å². The van der Waals surface area contributed by atoms with Crippen molar-refractivity contribution in [3.05, 3.63) is 0 Å². The van der Waals surface area contributed by atoms with E-state index in [1.54, 1.807) is 11.8 Å². The van der Waals surface area contributed by atoms with E-state index >= 15 is 0 Å². The molecule has 2 fully saturated rings. The zero-order valence-corrected chi connectivity index (χ0v) is 13.0. The van der Waals surface area contributed by atoms with Crippen molar-refractivity contribution < 1.29 is 9.59 Å². The molecule has 6 nitrogen and oxygen atoms in total. The molecule has 0 bridgehead atoms. The summed E-state index contributed by atoms with van der Waals surface area (Å²) in [4.78, 5) is 25.7. The maximum atomic E-state index is 12.0. The molecule has 2 aliphatic rings. The minimum absolute atomic E-state index is 0.00126. The lowest BCUT2D eigenvalue weighted by Crippen LogP contribution is -2.53. The summed E-state index contributed by atoms with van der Waals surface area (Å²) in [6, 6.07) is 0.296. The molecule has 3 N–H and O–H groups in total. The molecule has 1 atom stereocenters. The molecule has 0 spiro atoms. The number of piperidine rings is 1. The van der Waals surface area contributed by atoms with Crippen LogP contribution < -0.4 is 16.0 Å². The van der Waals surface area contributed by atoms with Gasteiger partial charge in [-0.3, -0.25) is 10.1 Å². The molecule has 0 aromatic rings. The Hall–Kier alpha value is -0.950. The number of rotatable bonds is 3. The topological polar surface area (TPSA) is 73.5 Å². The van der Waals surface area contributed by atoms with Gasteiger partial charge in [-0.05, 0) is 26.7 Å². The molecule has 3 amide bonds. The van der Waals surface area contributed by atoms with Crippen LogP contribution in [0, 0.1) is 0 Å².